The van der Waals surface area contributed by atoms with E-state index < -0.39 is 0 Å². The van der Waals surface area contributed by atoms with E-state index in [1.807, 2.05) is 22.9 Å². The third kappa shape index (κ3) is 2.22. The van der Waals surface area contributed by atoms with Gasteiger partial charge in [-0.1, -0.05) is 6.92 Å². The molecule has 0 aliphatic carbocycles. The zero-order valence-electron chi connectivity index (χ0n) is 16.6. The van der Waals surface area contributed by atoms with Crippen molar-refractivity contribution in [1.29, 1.82) is 0 Å². The summed E-state index contributed by atoms with van der Waals surface area (Å²) in [6.45, 7) is 2.99. The SMILES string of the molecule is CC[C@]12C=C(C(=O)OC)n3c4ccc(OC)c(Br)c4c4c(O)c[n+](c1c43)CCC2. The third-order valence-corrected chi connectivity index (χ3v) is 7.26. The zero-order chi connectivity index (χ0) is 20.5. The van der Waals surface area contributed by atoms with Crippen LogP contribution in [0.2, 0.25) is 0 Å². The molecule has 5 rings (SSSR count). The Morgan fingerprint density at radius 2 is 2.14 bits per heavy atom. The van der Waals surface area contributed by atoms with Crippen LogP contribution in [0.5, 0.6) is 11.5 Å². The fourth-order valence-electron chi connectivity index (χ4n) is 5.17. The Balaban J connectivity index is 2.07. The number of benzene rings is 1. The summed E-state index contributed by atoms with van der Waals surface area (Å²) in [5, 5.41) is 12.6. The molecule has 0 amide bonds. The Labute approximate surface area is 176 Å². The molecule has 1 N–H and O–H groups in total. The van der Waals surface area contributed by atoms with Crippen LogP contribution < -0.4 is 9.30 Å². The Morgan fingerprint density at radius 3 is 2.83 bits per heavy atom. The first kappa shape index (κ1) is 18.5. The van der Waals surface area contributed by atoms with Gasteiger partial charge in [-0.15, -0.1) is 0 Å². The van der Waals surface area contributed by atoms with Crippen molar-refractivity contribution in [2.24, 2.45) is 0 Å². The lowest BCUT2D eigenvalue weighted by atomic mass is 9.72. The molecular formula is C22H22BrN2O4+. The van der Waals surface area contributed by atoms with E-state index in [4.69, 9.17) is 9.47 Å². The van der Waals surface area contributed by atoms with Gasteiger partial charge in [-0.3, -0.25) is 4.57 Å². The highest BCUT2D eigenvalue weighted by molar-refractivity contribution is 9.10. The number of hydrogen-bond acceptors (Lipinski definition) is 4. The van der Waals surface area contributed by atoms with Crippen molar-refractivity contribution < 1.29 is 23.9 Å². The molecule has 0 saturated carbocycles. The smallest absolute Gasteiger partial charge is 0.354 e. The lowest BCUT2D eigenvalue weighted by molar-refractivity contribution is -0.712. The average Bonchev–Trinajstić information content (AvgIpc) is 3.09. The molecule has 0 bridgehead atoms. The topological polar surface area (TPSA) is 64.6 Å². The van der Waals surface area contributed by atoms with Crippen molar-refractivity contribution in [2.75, 3.05) is 14.2 Å². The lowest BCUT2D eigenvalue weighted by Crippen LogP contribution is -2.51. The van der Waals surface area contributed by atoms with E-state index in [-0.39, 0.29) is 17.1 Å². The van der Waals surface area contributed by atoms with Gasteiger partial charge < -0.3 is 14.6 Å². The Morgan fingerprint density at radius 1 is 1.34 bits per heavy atom. The Kier molecular flexibility index (Phi) is 3.97. The standard InChI is InChI=1S/C22H21BrN2O4/c1-4-22-8-5-9-24-11-14(26)17-16-12(6-7-15(28-2)18(16)23)25(19(17)20(22)24)13(10-22)21(27)29-3/h6-7,10-11H,4-5,8-9H2,1-3H3/p+1/t22-/m0/s1. The Hall–Kier alpha value is -2.54. The van der Waals surface area contributed by atoms with Crippen molar-refractivity contribution in [3.63, 3.8) is 0 Å². The quantitative estimate of drug-likeness (QED) is 0.476. The molecule has 1 aromatic carbocycles. The minimum absolute atomic E-state index is 0.194. The molecule has 0 saturated heterocycles. The number of fused-ring (bicyclic) bond motifs is 3. The Bertz CT molecular complexity index is 1240. The maximum atomic E-state index is 12.9. The van der Waals surface area contributed by atoms with Gasteiger partial charge in [-0.2, -0.15) is 4.57 Å². The predicted octanol–water partition coefficient (Wildman–Crippen LogP) is 4.03. The van der Waals surface area contributed by atoms with Gasteiger partial charge in [-0.05, 0) is 47.0 Å². The van der Waals surface area contributed by atoms with Crippen molar-refractivity contribution in [1.82, 2.24) is 4.57 Å². The van der Waals surface area contributed by atoms with Crippen LogP contribution in [0.15, 0.2) is 28.9 Å². The number of aromatic hydroxyl groups is 1. The molecule has 0 spiro atoms. The zero-order valence-corrected chi connectivity index (χ0v) is 18.2. The van der Waals surface area contributed by atoms with Gasteiger partial charge in [0.2, 0.25) is 11.9 Å². The van der Waals surface area contributed by atoms with Crippen molar-refractivity contribution in [3.05, 3.63) is 34.6 Å². The van der Waals surface area contributed by atoms with Crippen molar-refractivity contribution >= 4 is 49.4 Å². The summed E-state index contributed by atoms with van der Waals surface area (Å²) >= 11 is 3.66. The van der Waals surface area contributed by atoms with E-state index in [0.29, 0.717) is 11.4 Å². The maximum absolute atomic E-state index is 12.9. The maximum Gasteiger partial charge on any atom is 0.354 e. The summed E-state index contributed by atoms with van der Waals surface area (Å²) in [7, 11) is 3.02. The van der Waals surface area contributed by atoms with E-state index in [2.05, 4.69) is 33.5 Å². The van der Waals surface area contributed by atoms with Crippen molar-refractivity contribution in [2.45, 2.75) is 38.1 Å². The molecule has 0 radical (unpaired) electrons. The second-order valence-electron chi connectivity index (χ2n) is 7.73. The van der Waals surface area contributed by atoms with Gasteiger partial charge in [0.1, 0.15) is 23.5 Å². The molecule has 2 aliphatic heterocycles. The van der Waals surface area contributed by atoms with E-state index in [0.717, 1.165) is 57.8 Å². The fourth-order valence-corrected chi connectivity index (χ4v) is 5.86. The summed E-state index contributed by atoms with van der Waals surface area (Å²) in [6, 6.07) is 3.79. The highest BCUT2D eigenvalue weighted by Gasteiger charge is 2.48. The van der Waals surface area contributed by atoms with Crippen LogP contribution in [0.4, 0.5) is 0 Å². The number of halogens is 1. The second-order valence-corrected chi connectivity index (χ2v) is 8.52. The van der Waals surface area contributed by atoms with Gasteiger partial charge >= 0.3 is 5.97 Å². The number of carbonyl (C=O) groups is 1. The fraction of sp³-hybridized carbons (Fsp3) is 0.364. The number of pyridine rings is 1. The normalized spacial score (nSPS) is 20.1. The number of rotatable bonds is 3. The summed E-state index contributed by atoms with van der Waals surface area (Å²) in [5.74, 6) is 0.486. The highest BCUT2D eigenvalue weighted by atomic mass is 79.9. The number of ether oxygens (including phenoxy) is 2. The average molecular weight is 458 g/mol. The van der Waals surface area contributed by atoms with Crippen LogP contribution in [0, 0.1) is 0 Å². The molecule has 150 valence electrons. The van der Waals surface area contributed by atoms with Crippen LogP contribution in [0.25, 0.3) is 27.5 Å². The minimum atomic E-state index is -0.380. The molecule has 29 heavy (non-hydrogen) atoms. The molecule has 0 fully saturated rings. The number of nitrogens with zero attached hydrogens (tertiary/aromatic N) is 2. The van der Waals surface area contributed by atoms with Crippen LogP contribution in [0.3, 0.4) is 0 Å². The largest absolute Gasteiger partial charge is 0.502 e. The molecular weight excluding hydrogens is 436 g/mol. The lowest BCUT2D eigenvalue weighted by Gasteiger charge is -2.35. The molecule has 6 nitrogen and oxygen atoms in total. The van der Waals surface area contributed by atoms with E-state index in [9.17, 15) is 9.90 Å². The van der Waals surface area contributed by atoms with Crippen LogP contribution in [0.1, 0.15) is 31.9 Å². The second kappa shape index (κ2) is 6.23. The summed E-state index contributed by atoms with van der Waals surface area (Å²) in [6.07, 6.45) is 6.70. The number of carbonyl (C=O) groups excluding carboxylic acids is 1. The number of methoxy groups -OCH3 is 2. The molecule has 4 heterocycles. The number of esters is 1. The van der Waals surface area contributed by atoms with Crippen LogP contribution >= 0.6 is 15.9 Å². The number of allylic oxidation sites excluding steroid dienone is 1. The van der Waals surface area contributed by atoms with Gasteiger partial charge in [0.05, 0.1) is 35.0 Å². The first-order valence-corrected chi connectivity index (χ1v) is 10.5. The van der Waals surface area contributed by atoms with Crippen LogP contribution in [-0.4, -0.2) is 29.9 Å². The monoisotopic (exact) mass is 457 g/mol. The third-order valence-electron chi connectivity index (χ3n) is 6.47. The van der Waals surface area contributed by atoms with E-state index in [1.54, 1.807) is 7.11 Å². The first-order valence-electron chi connectivity index (χ1n) is 9.75. The highest BCUT2D eigenvalue weighted by Crippen LogP contribution is 2.51. The van der Waals surface area contributed by atoms with E-state index >= 15 is 0 Å². The summed E-state index contributed by atoms with van der Waals surface area (Å²) in [4.78, 5) is 12.9. The number of hydrogen-bond donors (Lipinski definition) is 1. The minimum Gasteiger partial charge on any atom is -0.502 e. The number of aromatic nitrogens is 2. The molecule has 1 atom stereocenters. The van der Waals surface area contributed by atoms with Gasteiger partial charge in [0, 0.05) is 11.8 Å². The predicted molar refractivity (Wildman–Crippen MR) is 113 cm³/mol. The first-order chi connectivity index (χ1) is 14.0. The van der Waals surface area contributed by atoms with Gasteiger partial charge in [0.15, 0.2) is 5.75 Å². The summed E-state index contributed by atoms with van der Waals surface area (Å²) < 4.78 is 15.5. The van der Waals surface area contributed by atoms with Crippen molar-refractivity contribution in [3.8, 4) is 11.5 Å². The molecule has 3 aromatic rings. The van der Waals surface area contributed by atoms with Crippen LogP contribution in [-0.2, 0) is 21.5 Å². The van der Waals surface area contributed by atoms with E-state index in [1.165, 1.54) is 7.11 Å². The van der Waals surface area contributed by atoms with Gasteiger partial charge in [-0.25, -0.2) is 4.79 Å². The molecule has 2 aromatic heterocycles. The molecule has 0 unspecified atom stereocenters. The molecule has 2 aliphatic rings. The molecule has 7 heteroatoms. The number of aryl methyl sites for hydroxylation is 1. The summed E-state index contributed by atoms with van der Waals surface area (Å²) in [5.41, 5.74) is 3.07. The van der Waals surface area contributed by atoms with Gasteiger partial charge in [0.25, 0.3) is 0 Å².